The van der Waals surface area contributed by atoms with E-state index in [4.69, 9.17) is 5.21 Å². The van der Waals surface area contributed by atoms with Crippen molar-refractivity contribution in [1.82, 2.24) is 9.97 Å². The first-order chi connectivity index (χ1) is 4.83. The molecule has 0 saturated heterocycles. The van der Waals surface area contributed by atoms with E-state index in [2.05, 4.69) is 15.1 Å². The first kappa shape index (κ1) is 6.67. The van der Waals surface area contributed by atoms with E-state index in [1.807, 2.05) is 6.92 Å². The van der Waals surface area contributed by atoms with Crippen molar-refractivity contribution < 1.29 is 5.21 Å². The Hall–Kier alpha value is -1.45. The van der Waals surface area contributed by atoms with Crippen molar-refractivity contribution in [2.75, 3.05) is 0 Å². The van der Waals surface area contributed by atoms with E-state index in [9.17, 15) is 0 Å². The van der Waals surface area contributed by atoms with Gasteiger partial charge in [0.05, 0.1) is 0 Å². The van der Waals surface area contributed by atoms with Gasteiger partial charge in [0.1, 0.15) is 6.21 Å². The Balaban J connectivity index is 2.95. The van der Waals surface area contributed by atoms with Crippen LogP contribution in [0.4, 0.5) is 0 Å². The molecule has 0 aliphatic rings. The minimum absolute atomic E-state index is 0.419. The molecule has 0 spiro atoms. The van der Waals surface area contributed by atoms with Crippen LogP contribution in [0, 0.1) is 6.92 Å². The van der Waals surface area contributed by atoms with Crippen LogP contribution in [0.25, 0.3) is 0 Å². The molecule has 1 heterocycles. The van der Waals surface area contributed by atoms with E-state index in [0.29, 0.717) is 5.82 Å². The molecular weight excluding hydrogens is 130 g/mol. The fraction of sp³-hybridized carbons (Fsp3) is 0.167. The van der Waals surface area contributed by atoms with Crippen molar-refractivity contribution in [1.29, 1.82) is 0 Å². The lowest BCUT2D eigenvalue weighted by molar-refractivity contribution is 0.321. The second-order valence-corrected chi connectivity index (χ2v) is 1.80. The first-order valence-corrected chi connectivity index (χ1v) is 2.80. The summed E-state index contributed by atoms with van der Waals surface area (Å²) in [5.74, 6) is 0.419. The maximum Gasteiger partial charge on any atom is 0.174 e. The van der Waals surface area contributed by atoms with Crippen LogP contribution < -0.4 is 0 Å². The minimum atomic E-state index is 0.419. The van der Waals surface area contributed by atoms with Gasteiger partial charge in [-0.2, -0.15) is 0 Å². The zero-order chi connectivity index (χ0) is 7.40. The molecular formula is C6H7N3O. The smallest absolute Gasteiger partial charge is 0.174 e. The molecule has 0 aliphatic carbocycles. The van der Waals surface area contributed by atoms with E-state index in [1.54, 1.807) is 12.3 Å². The average molecular weight is 137 g/mol. The molecule has 1 N–H and O–H groups in total. The van der Waals surface area contributed by atoms with Gasteiger partial charge < -0.3 is 5.21 Å². The van der Waals surface area contributed by atoms with Crippen molar-refractivity contribution in [2.45, 2.75) is 6.92 Å². The van der Waals surface area contributed by atoms with Crippen molar-refractivity contribution in [2.24, 2.45) is 5.16 Å². The largest absolute Gasteiger partial charge is 0.411 e. The summed E-state index contributed by atoms with van der Waals surface area (Å²) in [6.07, 6.45) is 2.80. The van der Waals surface area contributed by atoms with Crippen LogP contribution in [0.15, 0.2) is 17.4 Å². The highest BCUT2D eigenvalue weighted by molar-refractivity contribution is 5.73. The summed E-state index contributed by atoms with van der Waals surface area (Å²) in [7, 11) is 0. The third-order valence-corrected chi connectivity index (χ3v) is 0.987. The van der Waals surface area contributed by atoms with Crippen LogP contribution in [-0.4, -0.2) is 21.4 Å². The Bertz CT molecular complexity index is 247. The van der Waals surface area contributed by atoms with E-state index in [0.717, 1.165) is 5.69 Å². The number of nitrogens with zero attached hydrogens (tertiary/aromatic N) is 3. The van der Waals surface area contributed by atoms with Gasteiger partial charge in [0.15, 0.2) is 5.82 Å². The van der Waals surface area contributed by atoms with Gasteiger partial charge in [-0.3, -0.25) is 0 Å². The van der Waals surface area contributed by atoms with Crippen LogP contribution in [-0.2, 0) is 0 Å². The molecule has 1 aromatic rings. The highest BCUT2D eigenvalue weighted by atomic mass is 16.4. The highest BCUT2D eigenvalue weighted by Gasteiger charge is 1.89. The second-order valence-electron chi connectivity index (χ2n) is 1.80. The van der Waals surface area contributed by atoms with Crippen LogP contribution in [0.5, 0.6) is 0 Å². The van der Waals surface area contributed by atoms with Crippen LogP contribution in [0.1, 0.15) is 11.5 Å². The molecule has 4 nitrogen and oxygen atoms in total. The van der Waals surface area contributed by atoms with Gasteiger partial charge in [0.2, 0.25) is 0 Å². The average Bonchev–Trinajstić information content (AvgIpc) is 1.88. The fourth-order valence-electron chi connectivity index (χ4n) is 0.582. The summed E-state index contributed by atoms with van der Waals surface area (Å²) < 4.78 is 0. The zero-order valence-corrected chi connectivity index (χ0v) is 5.52. The fourth-order valence-corrected chi connectivity index (χ4v) is 0.582. The Morgan fingerprint density at radius 3 is 3.10 bits per heavy atom. The topological polar surface area (TPSA) is 58.4 Å². The Labute approximate surface area is 58.2 Å². The predicted octanol–water partition coefficient (Wildman–Crippen LogP) is 0.593. The standard InChI is InChI=1S/C6H7N3O/c1-5-2-3-7-6(9-5)4-8-10/h2-4,10H,1H3. The number of rotatable bonds is 1. The zero-order valence-electron chi connectivity index (χ0n) is 5.52. The summed E-state index contributed by atoms with van der Waals surface area (Å²) in [5.41, 5.74) is 0.852. The van der Waals surface area contributed by atoms with E-state index in [1.165, 1.54) is 6.21 Å². The van der Waals surface area contributed by atoms with E-state index >= 15 is 0 Å². The highest BCUT2D eigenvalue weighted by Crippen LogP contribution is 1.89. The van der Waals surface area contributed by atoms with Crippen molar-refractivity contribution in [3.05, 3.63) is 23.8 Å². The van der Waals surface area contributed by atoms with Gasteiger partial charge in [-0.25, -0.2) is 9.97 Å². The molecule has 0 amide bonds. The van der Waals surface area contributed by atoms with E-state index < -0.39 is 0 Å². The van der Waals surface area contributed by atoms with Gasteiger partial charge in [0, 0.05) is 11.9 Å². The Morgan fingerprint density at radius 2 is 2.50 bits per heavy atom. The summed E-state index contributed by atoms with van der Waals surface area (Å²) in [5, 5.41) is 10.9. The Kier molecular flexibility index (Phi) is 1.94. The summed E-state index contributed by atoms with van der Waals surface area (Å²) in [4.78, 5) is 7.75. The molecule has 0 aliphatic heterocycles. The molecule has 0 saturated carbocycles. The van der Waals surface area contributed by atoms with Crippen molar-refractivity contribution >= 4 is 6.21 Å². The number of aryl methyl sites for hydroxylation is 1. The molecule has 0 fully saturated rings. The molecule has 10 heavy (non-hydrogen) atoms. The monoisotopic (exact) mass is 137 g/mol. The molecule has 1 rings (SSSR count). The number of hydrogen-bond acceptors (Lipinski definition) is 4. The lowest BCUT2D eigenvalue weighted by atomic mass is 10.4. The van der Waals surface area contributed by atoms with Crippen LogP contribution in [0.2, 0.25) is 0 Å². The molecule has 0 atom stereocenters. The molecule has 1 aromatic heterocycles. The SMILES string of the molecule is Cc1ccnc(C=NO)n1. The maximum atomic E-state index is 8.10. The lowest BCUT2D eigenvalue weighted by Gasteiger charge is -1.90. The van der Waals surface area contributed by atoms with Crippen LogP contribution in [0.3, 0.4) is 0 Å². The van der Waals surface area contributed by atoms with Gasteiger partial charge >= 0.3 is 0 Å². The number of hydrogen-bond donors (Lipinski definition) is 1. The summed E-state index contributed by atoms with van der Waals surface area (Å²) in [6.45, 7) is 1.84. The Morgan fingerprint density at radius 1 is 1.70 bits per heavy atom. The molecule has 0 aromatic carbocycles. The molecule has 0 radical (unpaired) electrons. The van der Waals surface area contributed by atoms with Crippen LogP contribution >= 0.6 is 0 Å². The minimum Gasteiger partial charge on any atom is -0.411 e. The van der Waals surface area contributed by atoms with Gasteiger partial charge in [0.25, 0.3) is 0 Å². The molecule has 4 heteroatoms. The first-order valence-electron chi connectivity index (χ1n) is 2.80. The van der Waals surface area contributed by atoms with E-state index in [-0.39, 0.29) is 0 Å². The summed E-state index contributed by atoms with van der Waals surface area (Å²) in [6, 6.07) is 1.77. The predicted molar refractivity (Wildman–Crippen MR) is 36.1 cm³/mol. The van der Waals surface area contributed by atoms with Gasteiger partial charge in [-0.05, 0) is 13.0 Å². The molecule has 0 unspecified atom stereocenters. The number of oxime groups is 1. The molecule has 52 valence electrons. The van der Waals surface area contributed by atoms with Gasteiger partial charge in [-0.15, -0.1) is 0 Å². The third kappa shape index (κ3) is 1.51. The quantitative estimate of drug-likeness (QED) is 0.350. The lowest BCUT2D eigenvalue weighted by Crippen LogP contribution is -1.93. The van der Waals surface area contributed by atoms with Crippen molar-refractivity contribution in [3.63, 3.8) is 0 Å². The second kappa shape index (κ2) is 2.91. The molecule has 0 bridgehead atoms. The third-order valence-electron chi connectivity index (χ3n) is 0.987. The number of aromatic nitrogens is 2. The van der Waals surface area contributed by atoms with Gasteiger partial charge in [-0.1, -0.05) is 5.16 Å². The van der Waals surface area contributed by atoms with Crippen molar-refractivity contribution in [3.8, 4) is 0 Å². The summed E-state index contributed by atoms with van der Waals surface area (Å²) >= 11 is 0. The maximum absolute atomic E-state index is 8.10. The normalized spacial score (nSPS) is 10.5.